The molecule has 0 radical (unpaired) electrons. The van der Waals surface area contributed by atoms with Crippen molar-refractivity contribution in [2.24, 2.45) is 11.8 Å². The van der Waals surface area contributed by atoms with Gasteiger partial charge in [-0.25, -0.2) is 0 Å². The van der Waals surface area contributed by atoms with Crippen LogP contribution in [0.5, 0.6) is 0 Å². The van der Waals surface area contributed by atoms with Gasteiger partial charge in [-0.3, -0.25) is 9.69 Å². The van der Waals surface area contributed by atoms with Crippen LogP contribution in [0.4, 0.5) is 13.2 Å². The molecular weight excluding hydrogens is 357 g/mol. The summed E-state index contributed by atoms with van der Waals surface area (Å²) in [6.45, 7) is 8.26. The maximum atomic E-state index is 12.6. The normalized spacial score (nSPS) is 26.2. The summed E-state index contributed by atoms with van der Waals surface area (Å²) in [5, 5.41) is 2.95. The third-order valence-corrected chi connectivity index (χ3v) is 5.14. The smallest absolute Gasteiger partial charge is 0.374 e. The first-order valence-electron chi connectivity index (χ1n) is 9.53. The Morgan fingerprint density at radius 3 is 2.63 bits per heavy atom. The topological polar surface area (TPSA) is 41.6 Å². The summed E-state index contributed by atoms with van der Waals surface area (Å²) in [5.74, 6) is 0.410. The lowest BCUT2D eigenvalue weighted by atomic mass is 10.1. The second-order valence-corrected chi connectivity index (χ2v) is 7.96. The standard InChI is InChI=1S/C20H27F3N2O2/c1-13(2)11-25-7-8-27-16(12-25)10-24-19(26)18-9-17(18)14-3-5-15(6-4-14)20(21,22)23/h3-6,13,16-18H,7-12H2,1-2H3,(H,24,26). The lowest BCUT2D eigenvalue weighted by Crippen LogP contribution is -2.48. The van der Waals surface area contributed by atoms with Gasteiger partial charge < -0.3 is 10.1 Å². The highest BCUT2D eigenvalue weighted by molar-refractivity contribution is 5.82. The van der Waals surface area contributed by atoms with E-state index in [1.54, 1.807) is 0 Å². The van der Waals surface area contributed by atoms with Gasteiger partial charge in [-0.05, 0) is 36.0 Å². The van der Waals surface area contributed by atoms with E-state index >= 15 is 0 Å². The van der Waals surface area contributed by atoms with Crippen molar-refractivity contribution >= 4 is 5.91 Å². The van der Waals surface area contributed by atoms with E-state index in [-0.39, 0.29) is 23.8 Å². The Balaban J connectivity index is 1.45. The van der Waals surface area contributed by atoms with Crippen LogP contribution in [0.1, 0.15) is 37.3 Å². The maximum Gasteiger partial charge on any atom is 0.416 e. The van der Waals surface area contributed by atoms with Crippen molar-refractivity contribution in [2.45, 2.75) is 38.5 Å². The van der Waals surface area contributed by atoms with Gasteiger partial charge in [0, 0.05) is 32.1 Å². The minimum absolute atomic E-state index is 0.00952. The van der Waals surface area contributed by atoms with Crippen molar-refractivity contribution in [2.75, 3.05) is 32.8 Å². The van der Waals surface area contributed by atoms with Crippen molar-refractivity contribution in [3.63, 3.8) is 0 Å². The fourth-order valence-electron chi connectivity index (χ4n) is 3.70. The molecule has 4 nitrogen and oxygen atoms in total. The molecule has 1 aromatic rings. The fraction of sp³-hybridized carbons (Fsp3) is 0.650. The zero-order valence-electron chi connectivity index (χ0n) is 15.8. The van der Waals surface area contributed by atoms with E-state index in [1.165, 1.54) is 12.1 Å². The Hall–Kier alpha value is -1.60. The molecule has 3 atom stereocenters. The molecule has 1 aromatic carbocycles. The molecule has 3 unspecified atom stereocenters. The highest BCUT2D eigenvalue weighted by Crippen LogP contribution is 2.48. The first-order valence-corrected chi connectivity index (χ1v) is 9.53. The molecule has 27 heavy (non-hydrogen) atoms. The number of hydrogen-bond donors (Lipinski definition) is 1. The SMILES string of the molecule is CC(C)CN1CCOC(CNC(=O)C2CC2c2ccc(C(F)(F)F)cc2)C1. The molecule has 0 bridgehead atoms. The summed E-state index contributed by atoms with van der Waals surface area (Å²) in [5.41, 5.74) is 0.133. The number of rotatable bonds is 6. The summed E-state index contributed by atoms with van der Waals surface area (Å²) in [6, 6.07) is 5.13. The van der Waals surface area contributed by atoms with E-state index in [0.29, 0.717) is 25.5 Å². The molecule has 0 spiro atoms. The van der Waals surface area contributed by atoms with Crippen molar-refractivity contribution in [3.8, 4) is 0 Å². The number of nitrogens with zero attached hydrogens (tertiary/aromatic N) is 1. The zero-order valence-corrected chi connectivity index (χ0v) is 15.8. The molecular formula is C20H27F3N2O2. The lowest BCUT2D eigenvalue weighted by Gasteiger charge is -2.34. The summed E-state index contributed by atoms with van der Waals surface area (Å²) in [4.78, 5) is 14.7. The molecule has 2 aliphatic rings. The van der Waals surface area contributed by atoms with Crippen molar-refractivity contribution < 1.29 is 22.7 Å². The van der Waals surface area contributed by atoms with E-state index in [0.717, 1.165) is 37.3 Å². The Labute approximate surface area is 158 Å². The van der Waals surface area contributed by atoms with Gasteiger partial charge in [0.1, 0.15) is 0 Å². The van der Waals surface area contributed by atoms with Crippen molar-refractivity contribution in [3.05, 3.63) is 35.4 Å². The fourth-order valence-corrected chi connectivity index (χ4v) is 3.70. The number of ether oxygens (including phenoxy) is 1. The summed E-state index contributed by atoms with van der Waals surface area (Å²) >= 11 is 0. The van der Waals surface area contributed by atoms with E-state index in [2.05, 4.69) is 24.1 Å². The van der Waals surface area contributed by atoms with E-state index in [4.69, 9.17) is 4.74 Å². The molecule has 150 valence electrons. The molecule has 1 N–H and O–H groups in total. The van der Waals surface area contributed by atoms with Crippen LogP contribution >= 0.6 is 0 Å². The number of hydrogen-bond acceptors (Lipinski definition) is 3. The lowest BCUT2D eigenvalue weighted by molar-refractivity contribution is -0.137. The van der Waals surface area contributed by atoms with Gasteiger partial charge in [-0.15, -0.1) is 0 Å². The van der Waals surface area contributed by atoms with Crippen LogP contribution in [-0.4, -0.2) is 49.7 Å². The molecule has 1 saturated heterocycles. The van der Waals surface area contributed by atoms with E-state index < -0.39 is 11.7 Å². The molecule has 1 aliphatic carbocycles. The number of benzene rings is 1. The van der Waals surface area contributed by atoms with Crippen molar-refractivity contribution in [1.82, 2.24) is 10.2 Å². The van der Waals surface area contributed by atoms with Crippen molar-refractivity contribution in [1.29, 1.82) is 0 Å². The average molecular weight is 384 g/mol. The minimum atomic E-state index is -4.33. The highest BCUT2D eigenvalue weighted by Gasteiger charge is 2.44. The molecule has 0 aromatic heterocycles. The van der Waals surface area contributed by atoms with Crippen LogP contribution in [0.2, 0.25) is 0 Å². The number of carbonyl (C=O) groups excluding carboxylic acids is 1. The van der Waals surface area contributed by atoms with Gasteiger partial charge in [-0.1, -0.05) is 26.0 Å². The number of nitrogens with one attached hydrogen (secondary N) is 1. The largest absolute Gasteiger partial charge is 0.416 e. The predicted octanol–water partition coefficient (Wildman–Crippen LogP) is 3.28. The molecule has 1 aliphatic heterocycles. The van der Waals surface area contributed by atoms with Gasteiger partial charge in [0.15, 0.2) is 0 Å². The first kappa shape index (κ1) is 20.1. The summed E-state index contributed by atoms with van der Waals surface area (Å²) in [6.07, 6.45) is -3.66. The molecule has 1 amide bonds. The van der Waals surface area contributed by atoms with Crippen LogP contribution in [0.3, 0.4) is 0 Å². The second-order valence-electron chi connectivity index (χ2n) is 7.96. The van der Waals surface area contributed by atoms with Gasteiger partial charge in [0.25, 0.3) is 0 Å². The van der Waals surface area contributed by atoms with Crippen LogP contribution in [0.25, 0.3) is 0 Å². The minimum Gasteiger partial charge on any atom is -0.374 e. The highest BCUT2D eigenvalue weighted by atomic mass is 19.4. The monoisotopic (exact) mass is 384 g/mol. The van der Waals surface area contributed by atoms with Gasteiger partial charge in [0.2, 0.25) is 5.91 Å². The molecule has 3 rings (SSSR count). The summed E-state index contributed by atoms with van der Waals surface area (Å²) < 4.78 is 43.6. The van der Waals surface area contributed by atoms with Crippen LogP contribution in [0, 0.1) is 11.8 Å². The number of carbonyl (C=O) groups is 1. The van der Waals surface area contributed by atoms with Gasteiger partial charge in [0.05, 0.1) is 18.3 Å². The Bertz CT molecular complexity index is 646. The molecule has 2 fully saturated rings. The number of halogens is 3. The average Bonchev–Trinajstić information content (AvgIpc) is 3.40. The molecule has 1 saturated carbocycles. The second kappa shape index (κ2) is 8.19. The van der Waals surface area contributed by atoms with Crippen LogP contribution in [-0.2, 0) is 15.7 Å². The van der Waals surface area contributed by atoms with Gasteiger partial charge >= 0.3 is 6.18 Å². The Morgan fingerprint density at radius 2 is 2.00 bits per heavy atom. The van der Waals surface area contributed by atoms with E-state index in [9.17, 15) is 18.0 Å². The number of morpholine rings is 1. The van der Waals surface area contributed by atoms with Gasteiger partial charge in [-0.2, -0.15) is 13.2 Å². The molecule has 7 heteroatoms. The Morgan fingerprint density at radius 1 is 1.30 bits per heavy atom. The predicted molar refractivity (Wildman–Crippen MR) is 96.3 cm³/mol. The summed E-state index contributed by atoms with van der Waals surface area (Å²) in [7, 11) is 0. The van der Waals surface area contributed by atoms with Crippen LogP contribution < -0.4 is 5.32 Å². The van der Waals surface area contributed by atoms with E-state index in [1.807, 2.05) is 0 Å². The Kier molecular flexibility index (Phi) is 6.11. The third kappa shape index (κ3) is 5.45. The first-order chi connectivity index (χ1) is 12.7. The molecule has 1 heterocycles. The number of amides is 1. The zero-order chi connectivity index (χ0) is 19.6. The quantitative estimate of drug-likeness (QED) is 0.819. The maximum absolute atomic E-state index is 12.6. The third-order valence-electron chi connectivity index (χ3n) is 5.14. The number of alkyl halides is 3. The van der Waals surface area contributed by atoms with Crippen LogP contribution in [0.15, 0.2) is 24.3 Å².